The SMILES string of the molecule is CC(=O)NCc1ccc(S(=O)(=O)N2CCNC(C)C2)s1. The van der Waals surface area contributed by atoms with Gasteiger partial charge in [0.15, 0.2) is 0 Å². The van der Waals surface area contributed by atoms with Crippen LogP contribution in [-0.4, -0.2) is 44.3 Å². The first-order valence-electron chi connectivity index (χ1n) is 6.46. The summed E-state index contributed by atoms with van der Waals surface area (Å²) >= 11 is 1.21. The van der Waals surface area contributed by atoms with Crippen LogP contribution >= 0.6 is 11.3 Å². The molecule has 1 aromatic rings. The summed E-state index contributed by atoms with van der Waals surface area (Å²) in [4.78, 5) is 11.7. The molecule has 1 aliphatic heterocycles. The third-order valence-corrected chi connectivity index (χ3v) is 6.49. The number of thiophene rings is 1. The average molecular weight is 317 g/mol. The molecular weight excluding hydrogens is 298 g/mol. The molecule has 0 bridgehead atoms. The third-order valence-electron chi connectivity index (χ3n) is 3.07. The number of rotatable bonds is 4. The Labute approximate surface area is 123 Å². The molecule has 2 heterocycles. The fourth-order valence-corrected chi connectivity index (χ4v) is 5.03. The molecule has 1 unspecified atom stereocenters. The minimum Gasteiger partial charge on any atom is -0.351 e. The third kappa shape index (κ3) is 3.57. The molecule has 0 aliphatic carbocycles. The summed E-state index contributed by atoms with van der Waals surface area (Å²) in [5.41, 5.74) is 0. The van der Waals surface area contributed by atoms with E-state index < -0.39 is 10.0 Å². The smallest absolute Gasteiger partial charge is 0.252 e. The van der Waals surface area contributed by atoms with E-state index in [4.69, 9.17) is 0 Å². The monoisotopic (exact) mass is 317 g/mol. The quantitative estimate of drug-likeness (QED) is 0.841. The van der Waals surface area contributed by atoms with Crippen LogP contribution in [0, 0.1) is 0 Å². The zero-order valence-corrected chi connectivity index (χ0v) is 13.2. The van der Waals surface area contributed by atoms with E-state index in [-0.39, 0.29) is 11.9 Å². The minimum absolute atomic E-state index is 0.126. The summed E-state index contributed by atoms with van der Waals surface area (Å²) in [6, 6.07) is 3.53. The topological polar surface area (TPSA) is 78.5 Å². The number of carbonyl (C=O) groups is 1. The predicted octanol–water partition coefficient (Wildman–Crippen LogP) is 0.367. The highest BCUT2D eigenvalue weighted by atomic mass is 32.2. The van der Waals surface area contributed by atoms with Crippen molar-refractivity contribution in [2.75, 3.05) is 19.6 Å². The Kier molecular flexibility index (Phi) is 4.79. The van der Waals surface area contributed by atoms with Gasteiger partial charge in [0, 0.05) is 37.5 Å². The lowest BCUT2D eigenvalue weighted by atomic mass is 10.3. The van der Waals surface area contributed by atoms with Crippen molar-refractivity contribution in [2.24, 2.45) is 0 Å². The summed E-state index contributed by atoms with van der Waals surface area (Å²) in [5, 5.41) is 5.89. The maximum atomic E-state index is 12.5. The highest BCUT2D eigenvalue weighted by Gasteiger charge is 2.29. The molecule has 1 amide bonds. The standard InChI is InChI=1S/C12H19N3O3S2/c1-9-8-15(6-5-13-9)20(17,18)12-4-3-11(19-12)7-14-10(2)16/h3-4,9,13H,5-8H2,1-2H3,(H,14,16). The van der Waals surface area contributed by atoms with Crippen LogP contribution in [0.4, 0.5) is 0 Å². The molecule has 1 aliphatic rings. The van der Waals surface area contributed by atoms with Crippen molar-refractivity contribution in [1.29, 1.82) is 0 Å². The van der Waals surface area contributed by atoms with Gasteiger partial charge in [-0.2, -0.15) is 4.31 Å². The van der Waals surface area contributed by atoms with Crippen molar-refractivity contribution in [1.82, 2.24) is 14.9 Å². The molecule has 0 radical (unpaired) electrons. The summed E-state index contributed by atoms with van der Waals surface area (Å²) in [7, 11) is -3.41. The van der Waals surface area contributed by atoms with Crippen molar-refractivity contribution in [2.45, 2.75) is 30.6 Å². The molecule has 2 rings (SSSR count). The molecule has 1 aromatic heterocycles. The largest absolute Gasteiger partial charge is 0.351 e. The van der Waals surface area contributed by atoms with Gasteiger partial charge >= 0.3 is 0 Å². The number of amides is 1. The number of carbonyl (C=O) groups excluding carboxylic acids is 1. The fraction of sp³-hybridized carbons (Fsp3) is 0.583. The van der Waals surface area contributed by atoms with E-state index in [2.05, 4.69) is 10.6 Å². The summed E-state index contributed by atoms with van der Waals surface area (Å²) < 4.78 is 26.9. The van der Waals surface area contributed by atoms with Gasteiger partial charge in [0.05, 0.1) is 6.54 Å². The van der Waals surface area contributed by atoms with Crippen LogP contribution in [0.15, 0.2) is 16.3 Å². The molecule has 2 N–H and O–H groups in total. The number of nitrogens with zero attached hydrogens (tertiary/aromatic N) is 1. The van der Waals surface area contributed by atoms with Gasteiger partial charge in [-0.05, 0) is 19.1 Å². The van der Waals surface area contributed by atoms with Gasteiger partial charge in [-0.3, -0.25) is 4.79 Å². The summed E-state index contributed by atoms with van der Waals surface area (Å²) in [6.45, 7) is 5.43. The first kappa shape index (κ1) is 15.4. The maximum absolute atomic E-state index is 12.5. The highest BCUT2D eigenvalue weighted by molar-refractivity contribution is 7.91. The second kappa shape index (κ2) is 6.21. The van der Waals surface area contributed by atoms with E-state index in [9.17, 15) is 13.2 Å². The zero-order valence-electron chi connectivity index (χ0n) is 11.5. The molecule has 1 saturated heterocycles. The predicted molar refractivity (Wildman–Crippen MR) is 78.1 cm³/mol. The lowest BCUT2D eigenvalue weighted by molar-refractivity contribution is -0.119. The Morgan fingerprint density at radius 3 is 2.95 bits per heavy atom. The van der Waals surface area contributed by atoms with Crippen LogP contribution in [-0.2, 0) is 21.4 Å². The van der Waals surface area contributed by atoms with Gasteiger partial charge in [-0.15, -0.1) is 11.3 Å². The van der Waals surface area contributed by atoms with E-state index in [0.717, 1.165) is 4.88 Å². The first-order valence-corrected chi connectivity index (χ1v) is 8.72. The van der Waals surface area contributed by atoms with Crippen LogP contribution in [0.25, 0.3) is 0 Å². The van der Waals surface area contributed by atoms with Crippen molar-refractivity contribution < 1.29 is 13.2 Å². The maximum Gasteiger partial charge on any atom is 0.252 e. The van der Waals surface area contributed by atoms with E-state index in [1.807, 2.05) is 6.92 Å². The lowest BCUT2D eigenvalue weighted by Gasteiger charge is -2.30. The molecular formula is C12H19N3O3S2. The van der Waals surface area contributed by atoms with Gasteiger partial charge in [-0.25, -0.2) is 8.42 Å². The molecule has 112 valence electrons. The molecule has 20 heavy (non-hydrogen) atoms. The highest BCUT2D eigenvalue weighted by Crippen LogP contribution is 2.25. The Bertz CT molecular complexity index is 583. The van der Waals surface area contributed by atoms with Crippen LogP contribution in [0.1, 0.15) is 18.7 Å². The van der Waals surface area contributed by atoms with Crippen LogP contribution < -0.4 is 10.6 Å². The Balaban J connectivity index is 2.11. The molecule has 0 spiro atoms. The van der Waals surface area contributed by atoms with Crippen LogP contribution in [0.2, 0.25) is 0 Å². The van der Waals surface area contributed by atoms with E-state index >= 15 is 0 Å². The molecule has 8 heteroatoms. The van der Waals surface area contributed by atoms with Crippen molar-refractivity contribution in [3.05, 3.63) is 17.0 Å². The summed E-state index contributed by atoms with van der Waals surface area (Å²) in [5.74, 6) is -0.126. The molecule has 1 atom stereocenters. The van der Waals surface area contributed by atoms with Gasteiger partial charge in [0.1, 0.15) is 4.21 Å². The van der Waals surface area contributed by atoms with E-state index in [0.29, 0.717) is 30.4 Å². The number of nitrogens with one attached hydrogen (secondary N) is 2. The number of hydrogen-bond donors (Lipinski definition) is 2. The number of hydrogen-bond acceptors (Lipinski definition) is 5. The number of sulfonamides is 1. The van der Waals surface area contributed by atoms with Gasteiger partial charge in [0.2, 0.25) is 5.91 Å². The molecule has 1 fully saturated rings. The van der Waals surface area contributed by atoms with Crippen LogP contribution in [0.5, 0.6) is 0 Å². The lowest BCUT2D eigenvalue weighted by Crippen LogP contribution is -2.51. The molecule has 0 aromatic carbocycles. The van der Waals surface area contributed by atoms with E-state index in [1.54, 1.807) is 12.1 Å². The van der Waals surface area contributed by atoms with Gasteiger partial charge in [-0.1, -0.05) is 0 Å². The average Bonchev–Trinajstić information content (AvgIpc) is 2.86. The van der Waals surface area contributed by atoms with Crippen molar-refractivity contribution in [3.63, 3.8) is 0 Å². The van der Waals surface area contributed by atoms with Crippen molar-refractivity contribution in [3.8, 4) is 0 Å². The Hall–Kier alpha value is -0.960. The first-order chi connectivity index (χ1) is 9.39. The van der Waals surface area contributed by atoms with E-state index in [1.165, 1.54) is 22.6 Å². The Morgan fingerprint density at radius 2 is 2.30 bits per heavy atom. The summed E-state index contributed by atoms with van der Waals surface area (Å²) in [6.07, 6.45) is 0. The normalized spacial score (nSPS) is 20.8. The minimum atomic E-state index is -3.41. The second-order valence-corrected chi connectivity index (χ2v) is 8.18. The molecule has 0 saturated carbocycles. The van der Waals surface area contributed by atoms with Gasteiger partial charge in [0.25, 0.3) is 10.0 Å². The number of piperazine rings is 1. The van der Waals surface area contributed by atoms with Gasteiger partial charge < -0.3 is 10.6 Å². The van der Waals surface area contributed by atoms with Crippen molar-refractivity contribution >= 4 is 27.3 Å². The molecule has 6 nitrogen and oxygen atoms in total. The zero-order chi connectivity index (χ0) is 14.8. The fourth-order valence-electron chi connectivity index (χ4n) is 2.05. The van der Waals surface area contributed by atoms with Crippen LogP contribution in [0.3, 0.4) is 0 Å². The second-order valence-electron chi connectivity index (χ2n) is 4.85. The Morgan fingerprint density at radius 1 is 1.55 bits per heavy atom.